The van der Waals surface area contributed by atoms with Crippen LogP contribution in [0, 0.1) is 31.7 Å². The van der Waals surface area contributed by atoms with Gasteiger partial charge in [0.1, 0.15) is 5.82 Å². The minimum Gasteiger partial charge on any atom is -0.486 e. The summed E-state index contributed by atoms with van der Waals surface area (Å²) in [5, 5.41) is 2.50. The topological polar surface area (TPSA) is 51.8 Å². The van der Waals surface area contributed by atoms with E-state index in [1.807, 2.05) is 44.3 Å². The minimum absolute atomic E-state index is 0. The Labute approximate surface area is 271 Å². The maximum absolute atomic E-state index is 13.9. The Bertz CT molecular complexity index is 2110. The van der Waals surface area contributed by atoms with Crippen molar-refractivity contribution in [3.05, 3.63) is 108 Å². The van der Waals surface area contributed by atoms with E-state index in [0.717, 1.165) is 29.1 Å². The van der Waals surface area contributed by atoms with Gasteiger partial charge in [0.2, 0.25) is 5.71 Å². The van der Waals surface area contributed by atoms with Gasteiger partial charge in [-0.15, -0.1) is 54.1 Å². The molecule has 217 valence electrons. The van der Waals surface area contributed by atoms with Gasteiger partial charge in [-0.3, -0.25) is 0 Å². The minimum atomic E-state index is -2.64. The zero-order valence-electron chi connectivity index (χ0n) is 30.9. The predicted octanol–water partition coefficient (Wildman–Crippen LogP) is 8.81. The summed E-state index contributed by atoms with van der Waals surface area (Å²) in [6.07, 6.45) is 2.82. The number of aromatic nitrogens is 3. The van der Waals surface area contributed by atoms with Gasteiger partial charge < -0.3 is 14.4 Å². The van der Waals surface area contributed by atoms with Gasteiger partial charge >= 0.3 is 0 Å². The summed E-state index contributed by atoms with van der Waals surface area (Å²) in [7, 11) is -1.50. The molecule has 42 heavy (non-hydrogen) atoms. The smallest absolute Gasteiger partial charge is 0.216 e. The molecule has 1 radical (unpaired) electrons. The van der Waals surface area contributed by atoms with Gasteiger partial charge in [0.05, 0.1) is 19.9 Å². The van der Waals surface area contributed by atoms with Crippen LogP contribution in [-0.4, -0.2) is 23.0 Å². The van der Waals surface area contributed by atoms with E-state index in [4.69, 9.17) is 14.0 Å². The van der Waals surface area contributed by atoms with Crippen molar-refractivity contribution < 1.29 is 38.5 Å². The molecule has 0 fully saturated rings. The van der Waals surface area contributed by atoms with Gasteiger partial charge in [-0.25, -0.2) is 9.37 Å². The van der Waals surface area contributed by atoms with E-state index < -0.39 is 39.1 Å². The number of pyridine rings is 3. The number of aryl methyl sites for hydroxylation is 2. The van der Waals surface area contributed by atoms with Crippen LogP contribution in [0.25, 0.3) is 44.6 Å². The molecule has 2 aromatic carbocycles. The molecule has 0 bridgehead atoms. The maximum Gasteiger partial charge on any atom is 0.216 e. The second-order valence-electron chi connectivity index (χ2n) is 10.9. The SMILES string of the molecule is [2H]C(C)(C)c1cc(-c2[c-]cccc2)ncc1[Si](C)(C)C.[2H]C([2H])([2H])c1ccc2c(n1)oc1c(-c3cc(C([2H])([2H])[2H])c(F)cn3)[c-]ccc12.[Ir]. The summed E-state index contributed by atoms with van der Waals surface area (Å²) >= 11 is 0. The average Bonchev–Trinajstić information content (AvgIpc) is 3.38. The Kier molecular flexibility index (Phi) is 7.00. The normalized spacial score (nSPS) is 14.7. The first kappa shape index (κ1) is 23.0. The molecule has 6 aromatic rings. The van der Waals surface area contributed by atoms with E-state index in [-0.39, 0.29) is 37.2 Å². The van der Waals surface area contributed by atoms with E-state index in [0.29, 0.717) is 21.9 Å². The molecule has 6 rings (SSSR count). The first-order valence-corrected chi connectivity index (χ1v) is 16.6. The van der Waals surface area contributed by atoms with E-state index in [1.54, 1.807) is 18.2 Å². The maximum atomic E-state index is 13.9. The summed E-state index contributed by atoms with van der Waals surface area (Å²) < 4.78 is 73.0. The Hall–Kier alpha value is -3.51. The van der Waals surface area contributed by atoms with Gasteiger partial charge in [0.15, 0.2) is 0 Å². The molecule has 0 aliphatic rings. The molecule has 7 heteroatoms. The van der Waals surface area contributed by atoms with Crippen LogP contribution in [0.3, 0.4) is 0 Å². The first-order chi connectivity index (χ1) is 22.2. The second-order valence-corrected chi connectivity index (χ2v) is 16.0. The van der Waals surface area contributed by atoms with Crippen LogP contribution in [0.1, 0.15) is 46.2 Å². The van der Waals surface area contributed by atoms with E-state index in [2.05, 4.69) is 52.8 Å². The van der Waals surface area contributed by atoms with Crippen LogP contribution in [0.2, 0.25) is 19.6 Å². The molecule has 0 N–H and O–H groups in total. The number of nitrogens with zero attached hydrogens (tertiary/aromatic N) is 3. The predicted molar refractivity (Wildman–Crippen MR) is 169 cm³/mol. The van der Waals surface area contributed by atoms with Crippen molar-refractivity contribution in [1.82, 2.24) is 15.0 Å². The first-order valence-electron chi connectivity index (χ1n) is 16.6. The fraction of sp³-hybridized carbons (Fsp3) is 0.229. The van der Waals surface area contributed by atoms with Crippen molar-refractivity contribution in [2.45, 2.75) is 53.1 Å². The second kappa shape index (κ2) is 12.8. The van der Waals surface area contributed by atoms with Gasteiger partial charge in [0, 0.05) is 47.0 Å². The third-order valence-electron chi connectivity index (χ3n) is 6.65. The molecule has 0 atom stereocenters. The summed E-state index contributed by atoms with van der Waals surface area (Å²) in [4.78, 5) is 12.7. The van der Waals surface area contributed by atoms with Crippen LogP contribution in [-0.2, 0) is 20.1 Å². The molecule has 0 saturated heterocycles. The molecular weight excluding hydrogens is 718 g/mol. The molecule has 4 aromatic heterocycles. The monoisotopic (exact) mass is 759 g/mol. The average molecular weight is 759 g/mol. The Balaban J connectivity index is 0.000000229. The van der Waals surface area contributed by atoms with Crippen LogP contribution in [0.4, 0.5) is 4.39 Å². The molecule has 4 nitrogen and oxygen atoms in total. The van der Waals surface area contributed by atoms with Crippen LogP contribution in [0.15, 0.2) is 77.5 Å². The molecule has 0 unspecified atom stereocenters. The van der Waals surface area contributed by atoms with Crippen molar-refractivity contribution >= 4 is 35.3 Å². The molecule has 0 amide bonds. The summed E-state index contributed by atoms with van der Waals surface area (Å²) in [5.74, 6) is -1.54. The Morgan fingerprint density at radius 1 is 0.929 bits per heavy atom. The summed E-state index contributed by atoms with van der Waals surface area (Å²) in [5.41, 5.74) is 3.37. The van der Waals surface area contributed by atoms with Crippen LogP contribution in [0.5, 0.6) is 0 Å². The van der Waals surface area contributed by atoms with Gasteiger partial charge in [0.25, 0.3) is 0 Å². The fourth-order valence-electron chi connectivity index (χ4n) is 4.55. The van der Waals surface area contributed by atoms with Crippen molar-refractivity contribution in [2.75, 3.05) is 0 Å². The Morgan fingerprint density at radius 2 is 1.74 bits per heavy atom. The van der Waals surface area contributed by atoms with Crippen molar-refractivity contribution in [3.8, 4) is 22.5 Å². The third kappa shape index (κ3) is 6.59. The number of furan rings is 1. The van der Waals surface area contributed by atoms with E-state index in [9.17, 15) is 4.39 Å². The molecule has 4 heterocycles. The molecule has 0 spiro atoms. The molecular formula is C35H34FIrN3OSi-2. The summed E-state index contributed by atoms with van der Waals surface area (Å²) in [6.45, 7) is 5.78. The standard InChI is InChI=1S/C18H12FN2O.C17H22NSi.Ir/c1-10-8-16(20-9-15(10)19)14-5-3-4-12-13-7-6-11(2)21-18(13)22-17(12)14;1-13(2)15-11-16(14-9-7-6-8-10-14)18-12-17(15)19(3,4)5;/h3-4,6-9H,1-2H3;6-9,11-13H,1-5H3;/q2*-1;/i1D3,2D3;13D;. The number of rotatable bonds is 4. The Morgan fingerprint density at radius 3 is 2.43 bits per heavy atom. The van der Waals surface area contributed by atoms with Crippen molar-refractivity contribution in [2.24, 2.45) is 0 Å². The number of hydrogen-bond acceptors (Lipinski definition) is 4. The molecule has 0 aliphatic heterocycles. The quantitative estimate of drug-likeness (QED) is 0.133. The van der Waals surface area contributed by atoms with Crippen LogP contribution >= 0.6 is 0 Å². The zero-order valence-corrected chi connectivity index (χ0v) is 27.3. The van der Waals surface area contributed by atoms with E-state index in [1.165, 1.54) is 11.3 Å². The summed E-state index contributed by atoms with van der Waals surface area (Å²) in [6, 6.07) is 23.5. The third-order valence-corrected chi connectivity index (χ3v) is 8.66. The van der Waals surface area contributed by atoms with Crippen molar-refractivity contribution in [1.29, 1.82) is 0 Å². The zero-order chi connectivity index (χ0) is 35.2. The number of fused-ring (bicyclic) bond motifs is 3. The number of hydrogen-bond donors (Lipinski definition) is 0. The fourth-order valence-corrected chi connectivity index (χ4v) is 6.14. The van der Waals surface area contributed by atoms with Crippen LogP contribution < -0.4 is 5.19 Å². The van der Waals surface area contributed by atoms with Gasteiger partial charge in [-0.05, 0) is 53.9 Å². The number of halogens is 1. The molecule has 0 aliphatic carbocycles. The van der Waals surface area contributed by atoms with Gasteiger partial charge in [-0.1, -0.05) is 62.1 Å². The number of benzene rings is 2. The largest absolute Gasteiger partial charge is 0.486 e. The van der Waals surface area contributed by atoms with E-state index >= 15 is 0 Å². The van der Waals surface area contributed by atoms with Gasteiger partial charge in [-0.2, -0.15) is 0 Å². The van der Waals surface area contributed by atoms with Crippen molar-refractivity contribution in [3.63, 3.8) is 0 Å². The molecule has 0 saturated carbocycles.